The molecule has 3 heterocycles. The Morgan fingerprint density at radius 2 is 1.79 bits per heavy atom. The fourth-order valence-electron chi connectivity index (χ4n) is 4.77. The van der Waals surface area contributed by atoms with Gasteiger partial charge in [-0.1, -0.05) is 23.8 Å². The SMILES string of the molecule is CN1Cc2cnc(C(=O)N[C@@H]3C[C@@H](C(=O)N(C)C)CC[C@@H]3NC(=S)C(=O)Nc3ccc(Cl)cn3)cc2C1.Cl. The number of amides is 3. The standard InChI is InChI=1S/C25H30ClN7O3S.ClH/c1-32(2)25(36)14-4-6-18(30-24(37)23(35)31-21-7-5-17(26)11-28-21)19(8-14)29-22(34)20-9-15-12-33(3)13-16(15)10-27-20;/h5,7,9-11,14,18-19H,4,6,8,12-13H2,1-3H3,(H,29,34)(H,30,37)(H,28,31,35);1H/t14-,18-,19+;/m0./s1. The number of aromatic nitrogens is 2. The minimum Gasteiger partial charge on any atom is -0.367 e. The first kappa shape index (κ1) is 29.7. The second-order valence-electron chi connectivity index (χ2n) is 9.73. The van der Waals surface area contributed by atoms with Gasteiger partial charge in [-0.05, 0) is 55.6 Å². The van der Waals surface area contributed by atoms with Crippen LogP contribution >= 0.6 is 36.2 Å². The number of rotatable bonds is 5. The summed E-state index contributed by atoms with van der Waals surface area (Å²) in [6.45, 7) is 1.56. The van der Waals surface area contributed by atoms with Gasteiger partial charge >= 0.3 is 0 Å². The van der Waals surface area contributed by atoms with Crippen LogP contribution in [0.4, 0.5) is 5.82 Å². The predicted molar refractivity (Wildman–Crippen MR) is 151 cm³/mol. The summed E-state index contributed by atoms with van der Waals surface area (Å²) in [5.41, 5.74) is 2.51. The van der Waals surface area contributed by atoms with Crippen LogP contribution in [0.15, 0.2) is 30.6 Å². The van der Waals surface area contributed by atoms with E-state index >= 15 is 0 Å². The van der Waals surface area contributed by atoms with Crippen molar-refractivity contribution >= 4 is 64.8 Å². The summed E-state index contributed by atoms with van der Waals surface area (Å²) in [7, 11) is 5.45. The highest BCUT2D eigenvalue weighted by Gasteiger charge is 2.36. The third-order valence-electron chi connectivity index (χ3n) is 6.64. The molecule has 0 saturated heterocycles. The van der Waals surface area contributed by atoms with Gasteiger partial charge in [0.15, 0.2) is 4.99 Å². The first-order valence-electron chi connectivity index (χ1n) is 12.0. The van der Waals surface area contributed by atoms with E-state index in [1.54, 1.807) is 37.3 Å². The molecular formula is C25H31Cl2N7O3S. The van der Waals surface area contributed by atoms with Gasteiger partial charge < -0.3 is 20.9 Å². The van der Waals surface area contributed by atoms with Crippen LogP contribution in [0.2, 0.25) is 5.02 Å². The van der Waals surface area contributed by atoms with E-state index in [9.17, 15) is 14.4 Å². The Hall–Kier alpha value is -2.86. The van der Waals surface area contributed by atoms with Crippen LogP contribution in [0.5, 0.6) is 0 Å². The quantitative estimate of drug-likeness (QED) is 0.462. The highest BCUT2D eigenvalue weighted by molar-refractivity contribution is 7.82. The van der Waals surface area contributed by atoms with Crippen molar-refractivity contribution in [2.45, 2.75) is 44.4 Å². The van der Waals surface area contributed by atoms with Gasteiger partial charge in [0.1, 0.15) is 11.5 Å². The zero-order valence-electron chi connectivity index (χ0n) is 21.4. The predicted octanol–water partition coefficient (Wildman–Crippen LogP) is 2.41. The van der Waals surface area contributed by atoms with Gasteiger partial charge in [0.2, 0.25) is 5.91 Å². The minimum absolute atomic E-state index is 0. The van der Waals surface area contributed by atoms with Crippen LogP contribution in [0.1, 0.15) is 40.9 Å². The Morgan fingerprint density at radius 3 is 2.47 bits per heavy atom. The molecule has 4 rings (SSSR count). The zero-order chi connectivity index (χ0) is 26.7. The number of hydrogen-bond donors (Lipinski definition) is 3. The molecule has 13 heteroatoms. The van der Waals surface area contributed by atoms with Crippen molar-refractivity contribution in [3.8, 4) is 0 Å². The van der Waals surface area contributed by atoms with Crippen LogP contribution in [0.25, 0.3) is 0 Å². The maximum absolute atomic E-state index is 13.2. The van der Waals surface area contributed by atoms with Crippen molar-refractivity contribution in [3.05, 3.63) is 52.4 Å². The number of halogens is 2. The molecular weight excluding hydrogens is 549 g/mol. The first-order chi connectivity index (χ1) is 17.6. The lowest BCUT2D eigenvalue weighted by Crippen LogP contribution is -2.57. The highest BCUT2D eigenvalue weighted by Crippen LogP contribution is 2.27. The molecule has 3 N–H and O–H groups in total. The molecule has 1 aliphatic carbocycles. The summed E-state index contributed by atoms with van der Waals surface area (Å²) < 4.78 is 0. The molecule has 1 aliphatic heterocycles. The Balaban J connectivity index is 0.00000400. The topological polar surface area (TPSA) is 120 Å². The summed E-state index contributed by atoms with van der Waals surface area (Å²) in [5, 5.41) is 9.22. The van der Waals surface area contributed by atoms with Gasteiger partial charge in [-0.3, -0.25) is 24.3 Å². The summed E-state index contributed by atoms with van der Waals surface area (Å²) >= 11 is 11.2. The van der Waals surface area contributed by atoms with Crippen molar-refractivity contribution in [1.82, 2.24) is 30.4 Å². The molecule has 0 spiro atoms. The lowest BCUT2D eigenvalue weighted by molar-refractivity contribution is -0.134. The molecule has 0 aromatic carbocycles. The highest BCUT2D eigenvalue weighted by atomic mass is 35.5. The second-order valence-corrected chi connectivity index (χ2v) is 10.6. The van der Waals surface area contributed by atoms with Gasteiger partial charge in [0, 0.05) is 51.5 Å². The number of nitrogens with zero attached hydrogens (tertiary/aromatic N) is 4. The van der Waals surface area contributed by atoms with Gasteiger partial charge in [-0.25, -0.2) is 4.98 Å². The Kier molecular flexibility index (Phi) is 10.00. The molecule has 1 saturated carbocycles. The first-order valence-corrected chi connectivity index (χ1v) is 12.8. The minimum atomic E-state index is -0.522. The lowest BCUT2D eigenvalue weighted by Gasteiger charge is -2.37. The van der Waals surface area contributed by atoms with Crippen molar-refractivity contribution in [3.63, 3.8) is 0 Å². The van der Waals surface area contributed by atoms with Gasteiger partial charge in [-0.2, -0.15) is 0 Å². The molecule has 0 unspecified atom stereocenters. The molecule has 0 radical (unpaired) electrons. The maximum atomic E-state index is 13.2. The maximum Gasteiger partial charge on any atom is 0.284 e. The number of thiocarbonyl (C=S) groups is 1. The molecule has 2 aromatic rings. The van der Waals surface area contributed by atoms with E-state index in [1.165, 1.54) is 6.20 Å². The summed E-state index contributed by atoms with van der Waals surface area (Å²) in [5.74, 6) is -0.776. The normalized spacial score (nSPS) is 20.5. The van der Waals surface area contributed by atoms with E-state index in [1.807, 2.05) is 13.1 Å². The third-order valence-corrected chi connectivity index (χ3v) is 7.17. The molecule has 204 valence electrons. The number of fused-ring (bicyclic) bond motifs is 1. The van der Waals surface area contributed by atoms with E-state index in [4.69, 9.17) is 23.8 Å². The Labute approximate surface area is 238 Å². The fraction of sp³-hybridized carbons (Fsp3) is 0.440. The van der Waals surface area contributed by atoms with Crippen LogP contribution in [-0.2, 0) is 22.7 Å². The number of carbonyl (C=O) groups is 3. The molecule has 2 aliphatic rings. The van der Waals surface area contributed by atoms with E-state index in [2.05, 4.69) is 30.8 Å². The monoisotopic (exact) mass is 579 g/mol. The smallest absolute Gasteiger partial charge is 0.284 e. The van der Waals surface area contributed by atoms with Crippen LogP contribution in [0.3, 0.4) is 0 Å². The van der Waals surface area contributed by atoms with E-state index in [-0.39, 0.29) is 41.2 Å². The number of nitrogens with one attached hydrogen (secondary N) is 3. The fourth-order valence-corrected chi connectivity index (χ4v) is 5.08. The van der Waals surface area contributed by atoms with Crippen molar-refractivity contribution < 1.29 is 14.4 Å². The molecule has 38 heavy (non-hydrogen) atoms. The van der Waals surface area contributed by atoms with Crippen LogP contribution in [-0.4, -0.2) is 75.7 Å². The molecule has 3 amide bonds. The number of pyridine rings is 2. The largest absolute Gasteiger partial charge is 0.367 e. The average molecular weight is 581 g/mol. The van der Waals surface area contributed by atoms with E-state index in [0.29, 0.717) is 35.8 Å². The van der Waals surface area contributed by atoms with Crippen LogP contribution < -0.4 is 16.0 Å². The molecule has 2 aromatic heterocycles. The number of hydrogen-bond acceptors (Lipinski definition) is 7. The Morgan fingerprint density at radius 1 is 1.05 bits per heavy atom. The molecule has 3 atom stereocenters. The van der Waals surface area contributed by atoms with Crippen molar-refractivity contribution in [2.24, 2.45) is 5.92 Å². The van der Waals surface area contributed by atoms with E-state index < -0.39 is 11.9 Å². The van der Waals surface area contributed by atoms with Crippen molar-refractivity contribution in [1.29, 1.82) is 0 Å². The van der Waals surface area contributed by atoms with E-state index in [0.717, 1.165) is 24.2 Å². The van der Waals surface area contributed by atoms with Gasteiger partial charge in [0.05, 0.1) is 11.1 Å². The molecule has 0 bridgehead atoms. The van der Waals surface area contributed by atoms with Gasteiger partial charge in [-0.15, -0.1) is 12.4 Å². The summed E-state index contributed by atoms with van der Waals surface area (Å²) in [6, 6.07) is 4.23. The second kappa shape index (κ2) is 12.8. The molecule has 1 fully saturated rings. The number of carbonyl (C=O) groups excluding carboxylic acids is 3. The van der Waals surface area contributed by atoms with Crippen molar-refractivity contribution in [2.75, 3.05) is 26.5 Å². The van der Waals surface area contributed by atoms with Crippen LogP contribution in [0, 0.1) is 5.92 Å². The molecule has 10 nitrogen and oxygen atoms in total. The van der Waals surface area contributed by atoms with Gasteiger partial charge in [0.25, 0.3) is 11.8 Å². The Bertz CT molecular complexity index is 1210. The average Bonchev–Trinajstić information content (AvgIpc) is 3.25. The number of anilines is 1. The lowest BCUT2D eigenvalue weighted by atomic mass is 9.81. The zero-order valence-corrected chi connectivity index (χ0v) is 23.8. The summed E-state index contributed by atoms with van der Waals surface area (Å²) in [4.78, 5) is 50.6. The third kappa shape index (κ3) is 7.16. The summed E-state index contributed by atoms with van der Waals surface area (Å²) in [6.07, 6.45) is 4.73.